The van der Waals surface area contributed by atoms with Crippen molar-refractivity contribution in [1.29, 1.82) is 0 Å². The minimum absolute atomic E-state index is 0.0795. The van der Waals surface area contributed by atoms with Crippen LogP contribution in [0, 0.1) is 5.92 Å². The summed E-state index contributed by atoms with van der Waals surface area (Å²) in [6.07, 6.45) is 1.12. The van der Waals surface area contributed by atoms with Crippen molar-refractivity contribution >= 4 is 5.97 Å². The third kappa shape index (κ3) is 3.46. The number of aliphatic carboxylic acids is 1. The second kappa shape index (κ2) is 5.19. The summed E-state index contributed by atoms with van der Waals surface area (Å²) in [6, 6.07) is 7.26. The maximum Gasteiger partial charge on any atom is 0.332 e. The van der Waals surface area contributed by atoms with E-state index in [1.807, 2.05) is 18.2 Å². The summed E-state index contributed by atoms with van der Waals surface area (Å²) in [5.41, 5.74) is 0.739. The Balaban J connectivity index is 2.00. The lowest BCUT2D eigenvalue weighted by molar-refractivity contribution is -0.146. The highest BCUT2D eigenvalue weighted by Crippen LogP contribution is 2.30. The first-order chi connectivity index (χ1) is 8.16. The Morgan fingerprint density at radius 1 is 1.41 bits per heavy atom. The van der Waals surface area contributed by atoms with Gasteiger partial charge < -0.3 is 14.9 Å². The quantitative estimate of drug-likeness (QED) is 0.784. The van der Waals surface area contributed by atoms with Gasteiger partial charge in [-0.1, -0.05) is 18.2 Å². The highest BCUT2D eigenvalue weighted by molar-refractivity contribution is 5.72. The Labute approximate surface area is 99.8 Å². The molecule has 0 bridgehead atoms. The first-order valence-electron chi connectivity index (χ1n) is 5.78. The Bertz CT molecular complexity index is 398. The standard InChI is InChI=1S/C13H16O4/c14-11(13(15)16)7-10-3-1-2-4-12(10)17-8-9-5-6-9/h1-4,9,11,14H,5-8H2,(H,15,16)/t11-/m0/s1. The molecule has 4 heteroatoms. The number of rotatable bonds is 6. The monoisotopic (exact) mass is 236 g/mol. The Morgan fingerprint density at radius 3 is 2.76 bits per heavy atom. The molecule has 0 radical (unpaired) electrons. The zero-order chi connectivity index (χ0) is 12.3. The highest BCUT2D eigenvalue weighted by atomic mass is 16.5. The molecule has 92 valence electrons. The molecule has 2 rings (SSSR count). The van der Waals surface area contributed by atoms with Gasteiger partial charge in [-0.05, 0) is 30.4 Å². The van der Waals surface area contributed by atoms with E-state index in [9.17, 15) is 9.90 Å². The fraction of sp³-hybridized carbons (Fsp3) is 0.462. The predicted octanol–water partition coefficient (Wildman–Crippen LogP) is 1.46. The van der Waals surface area contributed by atoms with Crippen molar-refractivity contribution in [3.63, 3.8) is 0 Å². The maximum atomic E-state index is 10.6. The average molecular weight is 236 g/mol. The van der Waals surface area contributed by atoms with Gasteiger partial charge in [0.1, 0.15) is 5.75 Å². The van der Waals surface area contributed by atoms with E-state index in [-0.39, 0.29) is 6.42 Å². The van der Waals surface area contributed by atoms with Crippen LogP contribution in [0.4, 0.5) is 0 Å². The summed E-state index contributed by atoms with van der Waals surface area (Å²) >= 11 is 0. The summed E-state index contributed by atoms with van der Waals surface area (Å²) in [4.78, 5) is 10.6. The molecule has 1 aliphatic rings. The van der Waals surface area contributed by atoms with Crippen LogP contribution in [0.25, 0.3) is 0 Å². The smallest absolute Gasteiger partial charge is 0.332 e. The summed E-state index contributed by atoms with van der Waals surface area (Å²) in [5.74, 6) is 0.120. The largest absolute Gasteiger partial charge is 0.493 e. The van der Waals surface area contributed by atoms with E-state index in [0.717, 1.165) is 5.56 Å². The maximum absolute atomic E-state index is 10.6. The third-order valence-corrected chi connectivity index (χ3v) is 2.84. The van der Waals surface area contributed by atoms with Crippen LogP contribution >= 0.6 is 0 Å². The normalized spacial score (nSPS) is 16.5. The fourth-order valence-electron chi connectivity index (χ4n) is 1.60. The van der Waals surface area contributed by atoms with Crippen LogP contribution < -0.4 is 4.74 Å². The number of carbonyl (C=O) groups is 1. The fourth-order valence-corrected chi connectivity index (χ4v) is 1.60. The molecule has 0 aromatic heterocycles. The van der Waals surface area contributed by atoms with Crippen LogP contribution in [0.3, 0.4) is 0 Å². The minimum Gasteiger partial charge on any atom is -0.493 e. The van der Waals surface area contributed by atoms with Crippen LogP contribution in [0.5, 0.6) is 5.75 Å². The van der Waals surface area contributed by atoms with Gasteiger partial charge in [0.15, 0.2) is 6.10 Å². The predicted molar refractivity (Wildman–Crippen MR) is 62.0 cm³/mol. The molecular weight excluding hydrogens is 220 g/mol. The topological polar surface area (TPSA) is 66.8 Å². The first kappa shape index (κ1) is 11.9. The van der Waals surface area contributed by atoms with Crippen LogP contribution in [0.1, 0.15) is 18.4 Å². The number of aliphatic hydroxyl groups is 1. The van der Waals surface area contributed by atoms with E-state index in [2.05, 4.69) is 0 Å². The lowest BCUT2D eigenvalue weighted by atomic mass is 10.1. The lowest BCUT2D eigenvalue weighted by Crippen LogP contribution is -2.22. The molecule has 0 unspecified atom stereocenters. The Kier molecular flexibility index (Phi) is 3.64. The molecule has 17 heavy (non-hydrogen) atoms. The molecular formula is C13H16O4. The number of carboxylic acid groups (broad SMARTS) is 1. The first-order valence-corrected chi connectivity index (χ1v) is 5.78. The van der Waals surface area contributed by atoms with Gasteiger partial charge in [-0.2, -0.15) is 0 Å². The van der Waals surface area contributed by atoms with Gasteiger partial charge in [0, 0.05) is 6.42 Å². The Hall–Kier alpha value is -1.55. The van der Waals surface area contributed by atoms with Gasteiger partial charge >= 0.3 is 5.97 Å². The van der Waals surface area contributed by atoms with Crippen LogP contribution in [-0.2, 0) is 11.2 Å². The average Bonchev–Trinajstić information content (AvgIpc) is 3.11. The van der Waals surface area contributed by atoms with Gasteiger partial charge in [-0.3, -0.25) is 0 Å². The molecule has 4 nitrogen and oxygen atoms in total. The van der Waals surface area contributed by atoms with E-state index in [1.54, 1.807) is 6.07 Å². The molecule has 0 saturated heterocycles. The van der Waals surface area contributed by atoms with Gasteiger partial charge in [0.2, 0.25) is 0 Å². The molecule has 0 amide bonds. The molecule has 1 fully saturated rings. The summed E-state index contributed by atoms with van der Waals surface area (Å²) in [7, 11) is 0. The minimum atomic E-state index is -1.37. The van der Waals surface area contributed by atoms with Gasteiger partial charge in [0.05, 0.1) is 6.61 Å². The molecule has 0 aliphatic heterocycles. The van der Waals surface area contributed by atoms with Crippen LogP contribution in [-0.4, -0.2) is 28.9 Å². The SMILES string of the molecule is O=C(O)[C@@H](O)Cc1ccccc1OCC1CC1. The molecule has 2 N–H and O–H groups in total. The van der Waals surface area contributed by atoms with Crippen molar-refractivity contribution in [2.75, 3.05) is 6.61 Å². The summed E-state index contributed by atoms with van der Waals surface area (Å²) in [6.45, 7) is 0.681. The molecule has 1 aliphatic carbocycles. The van der Waals surface area contributed by atoms with Gasteiger partial charge in [-0.15, -0.1) is 0 Å². The van der Waals surface area contributed by atoms with Crippen LogP contribution in [0.15, 0.2) is 24.3 Å². The van der Waals surface area contributed by atoms with Crippen molar-refractivity contribution in [1.82, 2.24) is 0 Å². The highest BCUT2D eigenvalue weighted by Gasteiger charge is 2.23. The van der Waals surface area contributed by atoms with E-state index in [1.165, 1.54) is 12.8 Å². The number of benzene rings is 1. The number of hydrogen-bond acceptors (Lipinski definition) is 3. The van der Waals surface area contributed by atoms with E-state index in [4.69, 9.17) is 9.84 Å². The molecule has 1 saturated carbocycles. The van der Waals surface area contributed by atoms with Crippen molar-refractivity contribution in [3.8, 4) is 5.75 Å². The van der Waals surface area contributed by atoms with Gasteiger partial charge in [-0.25, -0.2) is 4.79 Å². The number of hydrogen-bond donors (Lipinski definition) is 2. The number of para-hydroxylation sites is 1. The van der Waals surface area contributed by atoms with E-state index >= 15 is 0 Å². The second-order valence-electron chi connectivity index (χ2n) is 4.42. The molecule has 0 heterocycles. The number of carboxylic acids is 1. The summed E-state index contributed by atoms with van der Waals surface area (Å²) < 4.78 is 5.64. The second-order valence-corrected chi connectivity index (χ2v) is 4.42. The van der Waals surface area contributed by atoms with Crippen molar-refractivity contribution in [3.05, 3.63) is 29.8 Å². The van der Waals surface area contributed by atoms with E-state index in [0.29, 0.717) is 18.3 Å². The zero-order valence-electron chi connectivity index (χ0n) is 9.50. The number of aliphatic hydroxyl groups excluding tert-OH is 1. The third-order valence-electron chi connectivity index (χ3n) is 2.84. The molecule has 1 aromatic carbocycles. The molecule has 1 aromatic rings. The van der Waals surface area contributed by atoms with Crippen LogP contribution in [0.2, 0.25) is 0 Å². The van der Waals surface area contributed by atoms with Crippen molar-refractivity contribution in [2.45, 2.75) is 25.4 Å². The molecule has 1 atom stereocenters. The summed E-state index contributed by atoms with van der Waals surface area (Å²) in [5, 5.41) is 18.0. The van der Waals surface area contributed by atoms with Gasteiger partial charge in [0.25, 0.3) is 0 Å². The number of ether oxygens (including phenoxy) is 1. The zero-order valence-corrected chi connectivity index (χ0v) is 9.50. The van der Waals surface area contributed by atoms with Crippen molar-refractivity contribution in [2.24, 2.45) is 5.92 Å². The van der Waals surface area contributed by atoms with E-state index < -0.39 is 12.1 Å². The molecule has 0 spiro atoms. The Morgan fingerprint density at radius 2 is 2.12 bits per heavy atom. The lowest BCUT2D eigenvalue weighted by Gasteiger charge is -2.12. The van der Waals surface area contributed by atoms with Crippen molar-refractivity contribution < 1.29 is 19.7 Å².